The van der Waals surface area contributed by atoms with Gasteiger partial charge in [0.05, 0.1) is 22.3 Å². The van der Waals surface area contributed by atoms with Crippen molar-refractivity contribution in [2.24, 2.45) is 0 Å². The first kappa shape index (κ1) is 14.0. The number of fused-ring (bicyclic) bond motifs is 1. The van der Waals surface area contributed by atoms with Crippen molar-refractivity contribution < 1.29 is 8.78 Å². The molecule has 0 bridgehead atoms. The van der Waals surface area contributed by atoms with Crippen molar-refractivity contribution >= 4 is 44.9 Å². The zero-order chi connectivity index (χ0) is 15.0. The quantitative estimate of drug-likeness (QED) is 0.637. The first-order valence-electron chi connectivity index (χ1n) is 6.07. The van der Waals surface area contributed by atoms with E-state index >= 15 is 0 Å². The van der Waals surface area contributed by atoms with Crippen molar-refractivity contribution in [3.8, 4) is 0 Å². The minimum absolute atomic E-state index is 0.186. The van der Waals surface area contributed by atoms with Gasteiger partial charge >= 0.3 is 0 Å². The molecule has 0 saturated carbocycles. The Kier molecular flexibility index (Phi) is 3.62. The van der Waals surface area contributed by atoms with Crippen molar-refractivity contribution in [1.82, 2.24) is 4.98 Å². The molecule has 0 amide bonds. The van der Waals surface area contributed by atoms with Crippen molar-refractivity contribution in [3.05, 3.63) is 68.0 Å². The Morgan fingerprint density at radius 1 is 1.05 bits per heavy atom. The van der Waals surface area contributed by atoms with E-state index in [-0.39, 0.29) is 22.2 Å². The molecule has 3 aromatic rings. The molecule has 0 unspecified atom stereocenters. The predicted molar refractivity (Wildman–Crippen MR) is 86.9 cm³/mol. The van der Waals surface area contributed by atoms with E-state index in [1.807, 2.05) is 22.6 Å². The van der Waals surface area contributed by atoms with Gasteiger partial charge in [0.2, 0.25) is 0 Å². The SMILES string of the molecule is O=c1cc[nH]c2cc(F)cc(Nc3ccc(I)cc3F)c12. The summed E-state index contributed by atoms with van der Waals surface area (Å²) in [6, 6.07) is 8.37. The maximum atomic E-state index is 13.9. The zero-order valence-electron chi connectivity index (χ0n) is 10.6. The van der Waals surface area contributed by atoms with Crippen LogP contribution in [0.1, 0.15) is 0 Å². The van der Waals surface area contributed by atoms with Gasteiger partial charge in [0, 0.05) is 15.8 Å². The lowest BCUT2D eigenvalue weighted by molar-refractivity contribution is 0.627. The first-order chi connectivity index (χ1) is 10.0. The largest absolute Gasteiger partial charge is 0.361 e. The Morgan fingerprint density at radius 2 is 1.86 bits per heavy atom. The minimum Gasteiger partial charge on any atom is -0.361 e. The lowest BCUT2D eigenvalue weighted by atomic mass is 10.1. The smallest absolute Gasteiger partial charge is 0.191 e. The average molecular weight is 398 g/mol. The van der Waals surface area contributed by atoms with Gasteiger partial charge in [-0.25, -0.2) is 8.78 Å². The van der Waals surface area contributed by atoms with Crippen molar-refractivity contribution in [2.75, 3.05) is 5.32 Å². The van der Waals surface area contributed by atoms with Crippen LogP contribution >= 0.6 is 22.6 Å². The van der Waals surface area contributed by atoms with Crippen molar-refractivity contribution in [3.63, 3.8) is 0 Å². The highest BCUT2D eigenvalue weighted by Gasteiger charge is 2.10. The maximum absolute atomic E-state index is 13.9. The van der Waals surface area contributed by atoms with Gasteiger partial charge in [0.15, 0.2) is 5.43 Å². The fraction of sp³-hybridized carbons (Fsp3) is 0. The monoisotopic (exact) mass is 398 g/mol. The van der Waals surface area contributed by atoms with Gasteiger partial charge < -0.3 is 10.3 Å². The van der Waals surface area contributed by atoms with Gasteiger partial charge in [0.1, 0.15) is 11.6 Å². The molecule has 21 heavy (non-hydrogen) atoms. The maximum Gasteiger partial charge on any atom is 0.191 e. The number of rotatable bonds is 2. The molecule has 0 atom stereocenters. The van der Waals surface area contributed by atoms with Crippen LogP contribution in [0.4, 0.5) is 20.2 Å². The molecule has 1 heterocycles. The first-order valence-corrected chi connectivity index (χ1v) is 7.15. The summed E-state index contributed by atoms with van der Waals surface area (Å²) in [6.07, 6.45) is 1.44. The number of pyridine rings is 1. The van der Waals surface area contributed by atoms with E-state index in [4.69, 9.17) is 0 Å². The van der Waals surface area contributed by atoms with Crippen LogP contribution in [0.5, 0.6) is 0 Å². The number of anilines is 2. The number of halogens is 3. The third-order valence-corrected chi connectivity index (χ3v) is 3.69. The van der Waals surface area contributed by atoms with Crippen LogP contribution in [-0.2, 0) is 0 Å². The Labute approximate surface area is 132 Å². The molecule has 3 nitrogen and oxygen atoms in total. The molecule has 0 radical (unpaired) electrons. The second-order valence-corrected chi connectivity index (χ2v) is 5.71. The van der Waals surface area contributed by atoms with Gasteiger partial charge in [-0.1, -0.05) is 0 Å². The highest BCUT2D eigenvalue weighted by Crippen LogP contribution is 2.26. The third-order valence-electron chi connectivity index (χ3n) is 3.02. The summed E-state index contributed by atoms with van der Waals surface area (Å²) < 4.78 is 28.3. The summed E-state index contributed by atoms with van der Waals surface area (Å²) in [5, 5.41) is 3.07. The molecule has 0 spiro atoms. The van der Waals surface area contributed by atoms with E-state index < -0.39 is 11.6 Å². The fourth-order valence-corrected chi connectivity index (χ4v) is 2.56. The summed E-state index contributed by atoms with van der Waals surface area (Å²) in [5.74, 6) is -0.982. The molecular formula is C15H9F2IN2O. The van der Waals surface area contributed by atoms with Crippen LogP contribution in [-0.4, -0.2) is 4.98 Å². The summed E-state index contributed by atoms with van der Waals surface area (Å²) >= 11 is 2.00. The second kappa shape index (κ2) is 5.44. The number of aromatic nitrogens is 1. The number of hydrogen-bond acceptors (Lipinski definition) is 2. The molecule has 0 aliphatic rings. The van der Waals surface area contributed by atoms with Crippen LogP contribution in [0.25, 0.3) is 10.9 Å². The molecule has 3 rings (SSSR count). The van der Waals surface area contributed by atoms with Crippen LogP contribution < -0.4 is 10.7 Å². The predicted octanol–water partition coefficient (Wildman–Crippen LogP) is 4.15. The molecule has 0 fully saturated rings. The second-order valence-electron chi connectivity index (χ2n) is 4.47. The van der Waals surface area contributed by atoms with E-state index in [9.17, 15) is 13.6 Å². The normalized spacial score (nSPS) is 10.8. The number of nitrogens with one attached hydrogen (secondary N) is 2. The molecular weight excluding hydrogens is 389 g/mol. The molecule has 0 aliphatic carbocycles. The summed E-state index contributed by atoms with van der Waals surface area (Å²) in [6.45, 7) is 0. The number of hydrogen-bond donors (Lipinski definition) is 2. The van der Waals surface area contributed by atoms with Gasteiger partial charge in [0.25, 0.3) is 0 Å². The summed E-state index contributed by atoms with van der Waals surface area (Å²) in [7, 11) is 0. The number of H-pyrrole nitrogens is 1. The fourth-order valence-electron chi connectivity index (χ4n) is 2.11. The molecule has 0 saturated heterocycles. The van der Waals surface area contributed by atoms with Gasteiger partial charge in [-0.05, 0) is 52.9 Å². The molecule has 6 heteroatoms. The molecule has 2 aromatic carbocycles. The lowest BCUT2D eigenvalue weighted by Gasteiger charge is -2.11. The number of aromatic amines is 1. The van der Waals surface area contributed by atoms with Crippen LogP contribution in [0.2, 0.25) is 0 Å². The van der Waals surface area contributed by atoms with Crippen molar-refractivity contribution in [1.29, 1.82) is 0 Å². The Balaban J connectivity index is 2.18. The molecule has 106 valence electrons. The molecule has 1 aromatic heterocycles. The van der Waals surface area contributed by atoms with E-state index in [0.29, 0.717) is 5.52 Å². The van der Waals surface area contributed by atoms with Crippen molar-refractivity contribution in [2.45, 2.75) is 0 Å². The van der Waals surface area contributed by atoms with Crippen LogP contribution in [0.15, 0.2) is 47.4 Å². The van der Waals surface area contributed by atoms with Crippen LogP contribution in [0, 0.1) is 15.2 Å². The van der Waals surface area contributed by atoms with Crippen LogP contribution in [0.3, 0.4) is 0 Å². The summed E-state index contributed by atoms with van der Waals surface area (Å²) in [4.78, 5) is 14.8. The van der Waals surface area contributed by atoms with Gasteiger partial charge in [-0.15, -0.1) is 0 Å². The molecule has 0 aliphatic heterocycles. The number of benzene rings is 2. The van der Waals surface area contributed by atoms with Gasteiger partial charge in [-0.2, -0.15) is 0 Å². The topological polar surface area (TPSA) is 44.9 Å². The average Bonchev–Trinajstić information content (AvgIpc) is 2.41. The Hall–Kier alpha value is -1.96. The lowest BCUT2D eigenvalue weighted by Crippen LogP contribution is -2.05. The van der Waals surface area contributed by atoms with E-state index in [1.54, 1.807) is 12.1 Å². The summed E-state index contributed by atoms with van der Waals surface area (Å²) in [5.41, 5.74) is 0.505. The molecule has 2 N–H and O–H groups in total. The zero-order valence-corrected chi connectivity index (χ0v) is 12.7. The van der Waals surface area contributed by atoms with Gasteiger partial charge in [-0.3, -0.25) is 4.79 Å². The Morgan fingerprint density at radius 3 is 2.62 bits per heavy atom. The highest BCUT2D eigenvalue weighted by atomic mass is 127. The van der Waals surface area contributed by atoms with E-state index in [2.05, 4.69) is 10.3 Å². The van der Waals surface area contributed by atoms with E-state index in [0.717, 1.165) is 3.57 Å². The minimum atomic E-state index is -0.516. The third kappa shape index (κ3) is 2.76. The Bertz CT molecular complexity index is 892. The highest BCUT2D eigenvalue weighted by molar-refractivity contribution is 14.1. The van der Waals surface area contributed by atoms with E-state index in [1.165, 1.54) is 30.5 Å². The standard InChI is InChI=1S/C15H9F2IN2O/c16-8-5-12-15(14(21)3-4-19-12)13(6-8)20-11-2-1-9(18)7-10(11)17/h1-7,20H,(H,19,21).